The minimum Gasteiger partial charge on any atom is -0.507 e. The summed E-state index contributed by atoms with van der Waals surface area (Å²) in [5.74, 6) is -0.377. The average molecular weight is 426 g/mol. The van der Waals surface area contributed by atoms with Gasteiger partial charge in [-0.15, -0.1) is 6.58 Å². The molecule has 2 N–H and O–H groups in total. The van der Waals surface area contributed by atoms with Crippen molar-refractivity contribution in [2.24, 2.45) is 0 Å². The van der Waals surface area contributed by atoms with Gasteiger partial charge in [-0.25, -0.2) is 0 Å². The molecule has 3 rings (SSSR count). The number of aliphatic hydroxyl groups is 1. The summed E-state index contributed by atoms with van der Waals surface area (Å²) in [5, 5.41) is 21.9. The standard InChI is InChI=1S/C24H26O7/c1-6-24(4,5)22-20(30-14(3)26)12-19-21(23(22)28)17(27)11-18(31-19)15-7-9-16(10-8-15)29-13(2)25/h6-10,12,17-18,27-28H,1,11H2,2-5H3/t17-,18-/m1/s1. The Bertz CT molecular complexity index is 1020. The maximum Gasteiger partial charge on any atom is 0.308 e. The lowest BCUT2D eigenvalue weighted by molar-refractivity contribution is -0.132. The Morgan fingerprint density at radius 3 is 2.32 bits per heavy atom. The summed E-state index contributed by atoms with van der Waals surface area (Å²) in [7, 11) is 0. The van der Waals surface area contributed by atoms with E-state index in [0.29, 0.717) is 11.3 Å². The zero-order valence-corrected chi connectivity index (χ0v) is 18.0. The van der Waals surface area contributed by atoms with Crippen LogP contribution < -0.4 is 14.2 Å². The molecular weight excluding hydrogens is 400 g/mol. The highest BCUT2D eigenvalue weighted by Gasteiger charge is 2.36. The first-order valence-corrected chi connectivity index (χ1v) is 9.89. The number of phenolic OH excluding ortho intramolecular Hbond substituents is 1. The summed E-state index contributed by atoms with van der Waals surface area (Å²) >= 11 is 0. The lowest BCUT2D eigenvalue weighted by atomic mass is 9.80. The molecule has 1 heterocycles. The normalized spacial score (nSPS) is 17.8. The van der Waals surface area contributed by atoms with E-state index in [1.807, 2.05) is 13.8 Å². The van der Waals surface area contributed by atoms with Crippen molar-refractivity contribution >= 4 is 11.9 Å². The molecule has 0 saturated carbocycles. The number of phenols is 1. The number of benzene rings is 2. The van der Waals surface area contributed by atoms with E-state index in [4.69, 9.17) is 14.2 Å². The predicted molar refractivity (Wildman–Crippen MR) is 113 cm³/mol. The Labute approximate surface area is 180 Å². The highest BCUT2D eigenvalue weighted by molar-refractivity contribution is 5.72. The number of carbonyl (C=O) groups is 2. The number of hydrogen-bond donors (Lipinski definition) is 2. The number of rotatable bonds is 5. The second kappa shape index (κ2) is 8.43. The summed E-state index contributed by atoms with van der Waals surface area (Å²) in [6, 6.07) is 8.27. The summed E-state index contributed by atoms with van der Waals surface area (Å²) in [6.45, 7) is 10.0. The van der Waals surface area contributed by atoms with Gasteiger partial charge in [0.25, 0.3) is 0 Å². The lowest BCUT2D eigenvalue weighted by Gasteiger charge is -2.33. The van der Waals surface area contributed by atoms with Crippen molar-refractivity contribution in [1.29, 1.82) is 0 Å². The summed E-state index contributed by atoms with van der Waals surface area (Å²) in [6.07, 6.45) is 0.309. The molecule has 0 unspecified atom stereocenters. The highest BCUT2D eigenvalue weighted by Crippen LogP contribution is 2.52. The fourth-order valence-electron chi connectivity index (χ4n) is 3.66. The molecule has 2 aromatic rings. The van der Waals surface area contributed by atoms with Gasteiger partial charge in [0.05, 0.1) is 11.7 Å². The second-order valence-electron chi connectivity index (χ2n) is 8.05. The van der Waals surface area contributed by atoms with Crippen LogP contribution in [-0.2, 0) is 15.0 Å². The van der Waals surface area contributed by atoms with Crippen molar-refractivity contribution in [3.05, 3.63) is 59.7 Å². The molecule has 0 aliphatic carbocycles. The van der Waals surface area contributed by atoms with Crippen LogP contribution in [0.5, 0.6) is 23.0 Å². The Kier molecular flexibility index (Phi) is 6.08. The van der Waals surface area contributed by atoms with Crippen LogP contribution in [0.25, 0.3) is 0 Å². The molecule has 7 nitrogen and oxygen atoms in total. The van der Waals surface area contributed by atoms with Gasteiger partial charge in [0, 0.05) is 37.3 Å². The van der Waals surface area contributed by atoms with Crippen molar-refractivity contribution in [3.8, 4) is 23.0 Å². The quantitative estimate of drug-likeness (QED) is 0.418. The zero-order chi connectivity index (χ0) is 22.9. The smallest absolute Gasteiger partial charge is 0.308 e. The van der Waals surface area contributed by atoms with Crippen LogP contribution in [0.4, 0.5) is 0 Å². The monoisotopic (exact) mass is 426 g/mol. The number of ether oxygens (including phenoxy) is 3. The Hall–Kier alpha value is -3.32. The summed E-state index contributed by atoms with van der Waals surface area (Å²) < 4.78 is 16.5. The van der Waals surface area contributed by atoms with Gasteiger partial charge in [-0.3, -0.25) is 9.59 Å². The molecule has 0 saturated heterocycles. The molecule has 0 spiro atoms. The van der Waals surface area contributed by atoms with Crippen LogP contribution in [0.1, 0.15) is 63.0 Å². The Morgan fingerprint density at radius 2 is 1.77 bits per heavy atom. The first-order chi connectivity index (χ1) is 14.5. The Balaban J connectivity index is 2.03. The fourth-order valence-corrected chi connectivity index (χ4v) is 3.66. The number of carbonyl (C=O) groups excluding carboxylic acids is 2. The minimum absolute atomic E-state index is 0.145. The van der Waals surface area contributed by atoms with Crippen molar-refractivity contribution in [2.45, 2.75) is 51.7 Å². The van der Waals surface area contributed by atoms with E-state index < -0.39 is 29.6 Å². The molecule has 0 bridgehead atoms. The lowest BCUT2D eigenvalue weighted by Crippen LogP contribution is -2.23. The van der Waals surface area contributed by atoms with Crippen LogP contribution in [0.3, 0.4) is 0 Å². The molecule has 2 aromatic carbocycles. The van der Waals surface area contributed by atoms with Gasteiger partial charge in [0.15, 0.2) is 0 Å². The molecule has 1 aliphatic rings. The number of aliphatic hydroxyl groups excluding tert-OH is 1. The van der Waals surface area contributed by atoms with Crippen molar-refractivity contribution in [2.75, 3.05) is 0 Å². The third kappa shape index (κ3) is 4.56. The van der Waals surface area contributed by atoms with Gasteiger partial charge in [-0.1, -0.05) is 32.1 Å². The van der Waals surface area contributed by atoms with Gasteiger partial charge in [-0.05, 0) is 17.7 Å². The molecule has 7 heteroatoms. The van der Waals surface area contributed by atoms with Crippen LogP contribution in [0.2, 0.25) is 0 Å². The molecule has 0 aromatic heterocycles. The third-order valence-corrected chi connectivity index (χ3v) is 5.23. The molecule has 31 heavy (non-hydrogen) atoms. The summed E-state index contributed by atoms with van der Waals surface area (Å²) in [4.78, 5) is 22.8. The van der Waals surface area contributed by atoms with E-state index in [1.165, 1.54) is 19.9 Å². The van der Waals surface area contributed by atoms with Crippen LogP contribution >= 0.6 is 0 Å². The maximum absolute atomic E-state index is 11.7. The van der Waals surface area contributed by atoms with E-state index in [1.54, 1.807) is 30.3 Å². The predicted octanol–water partition coefficient (Wildman–Crippen LogP) is 4.26. The first kappa shape index (κ1) is 22.4. The molecule has 1 aliphatic heterocycles. The SMILES string of the molecule is C=CC(C)(C)c1c(OC(C)=O)cc2c(c1O)[C@H](O)C[C@H](c1ccc(OC(C)=O)cc1)O2. The molecule has 0 fully saturated rings. The van der Waals surface area contributed by atoms with Gasteiger partial charge in [0.2, 0.25) is 0 Å². The first-order valence-electron chi connectivity index (χ1n) is 9.89. The van der Waals surface area contributed by atoms with Crippen LogP contribution in [-0.4, -0.2) is 22.2 Å². The number of hydrogen-bond acceptors (Lipinski definition) is 7. The van der Waals surface area contributed by atoms with Gasteiger partial charge < -0.3 is 24.4 Å². The van der Waals surface area contributed by atoms with E-state index >= 15 is 0 Å². The van der Waals surface area contributed by atoms with Gasteiger partial charge >= 0.3 is 11.9 Å². The van der Waals surface area contributed by atoms with Crippen molar-refractivity contribution < 1.29 is 34.0 Å². The Morgan fingerprint density at radius 1 is 1.16 bits per heavy atom. The van der Waals surface area contributed by atoms with E-state index in [-0.39, 0.29) is 29.2 Å². The number of fused-ring (bicyclic) bond motifs is 1. The fraction of sp³-hybridized carbons (Fsp3) is 0.333. The molecular formula is C24H26O7. The van der Waals surface area contributed by atoms with Crippen molar-refractivity contribution in [3.63, 3.8) is 0 Å². The molecule has 164 valence electrons. The van der Waals surface area contributed by atoms with Gasteiger partial charge in [0.1, 0.15) is 29.1 Å². The zero-order valence-electron chi connectivity index (χ0n) is 18.0. The van der Waals surface area contributed by atoms with Crippen LogP contribution in [0.15, 0.2) is 43.0 Å². The molecule has 0 amide bonds. The van der Waals surface area contributed by atoms with E-state index in [9.17, 15) is 19.8 Å². The highest BCUT2D eigenvalue weighted by atomic mass is 16.5. The number of esters is 2. The van der Waals surface area contributed by atoms with E-state index in [0.717, 1.165) is 5.56 Å². The average Bonchev–Trinajstić information content (AvgIpc) is 2.66. The topological polar surface area (TPSA) is 102 Å². The second-order valence-corrected chi connectivity index (χ2v) is 8.05. The minimum atomic E-state index is -1.01. The molecule has 0 radical (unpaired) electrons. The third-order valence-electron chi connectivity index (χ3n) is 5.23. The number of aromatic hydroxyl groups is 1. The van der Waals surface area contributed by atoms with Gasteiger partial charge in [-0.2, -0.15) is 0 Å². The van der Waals surface area contributed by atoms with E-state index in [2.05, 4.69) is 6.58 Å². The number of allylic oxidation sites excluding steroid dienone is 1. The molecule has 2 atom stereocenters. The maximum atomic E-state index is 11.7. The van der Waals surface area contributed by atoms with Crippen LogP contribution in [0, 0.1) is 0 Å². The summed E-state index contributed by atoms with van der Waals surface area (Å²) in [5.41, 5.74) is 0.619. The van der Waals surface area contributed by atoms with Crippen molar-refractivity contribution in [1.82, 2.24) is 0 Å². The largest absolute Gasteiger partial charge is 0.507 e.